The van der Waals surface area contributed by atoms with Crippen LogP contribution in [-0.2, 0) is 25.8 Å². The average Bonchev–Trinajstić information content (AvgIpc) is 2.85. The van der Waals surface area contributed by atoms with E-state index in [4.69, 9.17) is 0 Å². The van der Waals surface area contributed by atoms with E-state index < -0.39 is 0 Å². The standard InChI is InChI=1S/C21H24N2O/c24-17-8-9-21-19(15-17)18-10-13-22-12-4-7-20(18)23(21)14-11-16-5-2-1-3-6-16/h1-3,5-6,8-9,15,22,24H,4,7,10-14H2. The highest BCUT2D eigenvalue weighted by atomic mass is 16.3. The molecule has 0 fully saturated rings. The average molecular weight is 320 g/mol. The highest BCUT2D eigenvalue weighted by molar-refractivity contribution is 5.87. The number of nitrogens with zero attached hydrogens (tertiary/aromatic N) is 1. The molecule has 2 aromatic carbocycles. The lowest BCUT2D eigenvalue weighted by molar-refractivity contribution is 0.476. The lowest BCUT2D eigenvalue weighted by Gasteiger charge is -2.15. The van der Waals surface area contributed by atoms with Crippen molar-refractivity contribution in [3.63, 3.8) is 0 Å². The van der Waals surface area contributed by atoms with Crippen molar-refractivity contribution in [2.75, 3.05) is 13.1 Å². The third-order valence-corrected chi connectivity index (χ3v) is 5.06. The first kappa shape index (κ1) is 15.3. The molecule has 0 aliphatic carbocycles. The molecule has 3 nitrogen and oxygen atoms in total. The smallest absolute Gasteiger partial charge is 0.116 e. The van der Waals surface area contributed by atoms with Gasteiger partial charge < -0.3 is 15.0 Å². The van der Waals surface area contributed by atoms with Gasteiger partial charge in [0.15, 0.2) is 0 Å². The van der Waals surface area contributed by atoms with Crippen LogP contribution in [0.3, 0.4) is 0 Å². The van der Waals surface area contributed by atoms with Crippen molar-refractivity contribution in [1.82, 2.24) is 9.88 Å². The normalized spacial score (nSPS) is 15.0. The van der Waals surface area contributed by atoms with Gasteiger partial charge in [-0.15, -0.1) is 0 Å². The largest absolute Gasteiger partial charge is 0.508 e. The van der Waals surface area contributed by atoms with Gasteiger partial charge in [-0.2, -0.15) is 0 Å². The molecular weight excluding hydrogens is 296 g/mol. The molecule has 2 N–H and O–H groups in total. The fraction of sp³-hybridized carbons (Fsp3) is 0.333. The summed E-state index contributed by atoms with van der Waals surface area (Å²) in [7, 11) is 0. The minimum atomic E-state index is 0.362. The molecule has 3 heteroatoms. The van der Waals surface area contributed by atoms with Crippen LogP contribution in [0.5, 0.6) is 5.75 Å². The summed E-state index contributed by atoms with van der Waals surface area (Å²) in [6.45, 7) is 3.10. The fourth-order valence-electron chi connectivity index (χ4n) is 3.89. The maximum atomic E-state index is 9.95. The number of phenols is 1. The highest BCUT2D eigenvalue weighted by Crippen LogP contribution is 2.31. The van der Waals surface area contributed by atoms with E-state index in [1.807, 2.05) is 12.1 Å². The van der Waals surface area contributed by atoms with Gasteiger partial charge in [-0.3, -0.25) is 0 Å². The summed E-state index contributed by atoms with van der Waals surface area (Å²) in [5, 5.41) is 14.7. The summed E-state index contributed by atoms with van der Waals surface area (Å²) in [4.78, 5) is 0. The predicted octanol–water partition coefficient (Wildman–Crippen LogP) is 3.67. The van der Waals surface area contributed by atoms with Crippen molar-refractivity contribution in [2.45, 2.75) is 32.2 Å². The van der Waals surface area contributed by atoms with Crippen molar-refractivity contribution < 1.29 is 5.11 Å². The molecule has 0 amide bonds. The van der Waals surface area contributed by atoms with Crippen LogP contribution in [0.4, 0.5) is 0 Å². The summed E-state index contributed by atoms with van der Waals surface area (Å²) >= 11 is 0. The van der Waals surface area contributed by atoms with Gasteiger partial charge in [0.1, 0.15) is 5.75 Å². The van der Waals surface area contributed by atoms with Crippen LogP contribution in [0.15, 0.2) is 48.5 Å². The molecule has 0 bridgehead atoms. The Kier molecular flexibility index (Phi) is 4.26. The Balaban J connectivity index is 1.76. The molecule has 1 aliphatic rings. The second-order valence-corrected chi connectivity index (χ2v) is 6.62. The molecule has 0 unspecified atom stereocenters. The number of rotatable bonds is 3. The summed E-state index contributed by atoms with van der Waals surface area (Å²) < 4.78 is 2.49. The van der Waals surface area contributed by atoms with Gasteiger partial charge in [0.25, 0.3) is 0 Å². The first-order chi connectivity index (χ1) is 11.8. The fourth-order valence-corrected chi connectivity index (χ4v) is 3.89. The number of aromatic nitrogens is 1. The third kappa shape index (κ3) is 2.92. The first-order valence-electron chi connectivity index (χ1n) is 8.90. The molecule has 0 radical (unpaired) electrons. The SMILES string of the molecule is Oc1ccc2c(c1)c1c(n2CCc2ccccc2)CCCNCC1. The molecule has 0 atom stereocenters. The summed E-state index contributed by atoms with van der Waals surface area (Å²) in [5.74, 6) is 0.362. The summed E-state index contributed by atoms with van der Waals surface area (Å²) in [5.41, 5.74) is 5.52. The lowest BCUT2D eigenvalue weighted by atomic mass is 10.0. The van der Waals surface area contributed by atoms with Crippen molar-refractivity contribution in [3.05, 3.63) is 65.4 Å². The zero-order valence-electron chi connectivity index (χ0n) is 14.0. The molecule has 124 valence electrons. The quantitative estimate of drug-likeness (QED) is 0.772. The van der Waals surface area contributed by atoms with Gasteiger partial charge in [0.05, 0.1) is 0 Å². The van der Waals surface area contributed by atoms with Crippen LogP contribution in [0.2, 0.25) is 0 Å². The molecule has 2 heterocycles. The van der Waals surface area contributed by atoms with Gasteiger partial charge in [0.2, 0.25) is 0 Å². The molecule has 1 aliphatic heterocycles. The Hall–Kier alpha value is -2.26. The van der Waals surface area contributed by atoms with E-state index >= 15 is 0 Å². The van der Waals surface area contributed by atoms with E-state index in [2.05, 4.69) is 46.3 Å². The number of hydrogen-bond acceptors (Lipinski definition) is 2. The van der Waals surface area contributed by atoms with Gasteiger partial charge >= 0.3 is 0 Å². The molecule has 4 rings (SSSR count). The second kappa shape index (κ2) is 6.70. The number of phenolic OH excluding ortho intramolecular Hbond substituents is 1. The molecule has 1 aromatic heterocycles. The number of benzene rings is 2. The highest BCUT2D eigenvalue weighted by Gasteiger charge is 2.18. The zero-order valence-corrected chi connectivity index (χ0v) is 14.0. The third-order valence-electron chi connectivity index (χ3n) is 5.06. The number of aryl methyl sites for hydroxylation is 2. The predicted molar refractivity (Wildman–Crippen MR) is 98.6 cm³/mol. The topological polar surface area (TPSA) is 37.2 Å². The van der Waals surface area contributed by atoms with E-state index in [1.165, 1.54) is 34.1 Å². The van der Waals surface area contributed by atoms with E-state index in [1.54, 1.807) is 0 Å². The maximum absolute atomic E-state index is 9.95. The molecular formula is C21H24N2O. The van der Waals surface area contributed by atoms with Gasteiger partial charge in [-0.1, -0.05) is 30.3 Å². The van der Waals surface area contributed by atoms with Crippen LogP contribution in [0.1, 0.15) is 23.2 Å². The van der Waals surface area contributed by atoms with Crippen LogP contribution < -0.4 is 5.32 Å². The molecule has 3 aromatic rings. The Morgan fingerprint density at radius 1 is 1.00 bits per heavy atom. The lowest BCUT2D eigenvalue weighted by Crippen LogP contribution is -2.22. The van der Waals surface area contributed by atoms with Crippen molar-refractivity contribution in [2.24, 2.45) is 0 Å². The van der Waals surface area contributed by atoms with E-state index in [0.717, 1.165) is 38.9 Å². The van der Waals surface area contributed by atoms with E-state index in [-0.39, 0.29) is 0 Å². The minimum absolute atomic E-state index is 0.362. The number of aromatic hydroxyl groups is 1. The first-order valence-corrected chi connectivity index (χ1v) is 8.90. The van der Waals surface area contributed by atoms with Gasteiger partial charge in [0, 0.05) is 23.1 Å². The van der Waals surface area contributed by atoms with Gasteiger partial charge in [-0.25, -0.2) is 0 Å². The van der Waals surface area contributed by atoms with Crippen molar-refractivity contribution in [3.8, 4) is 5.75 Å². The maximum Gasteiger partial charge on any atom is 0.116 e. The van der Waals surface area contributed by atoms with E-state index in [0.29, 0.717) is 5.75 Å². The molecule has 24 heavy (non-hydrogen) atoms. The van der Waals surface area contributed by atoms with Crippen LogP contribution >= 0.6 is 0 Å². The Bertz CT molecular complexity index is 836. The monoisotopic (exact) mass is 320 g/mol. The number of fused-ring (bicyclic) bond motifs is 3. The number of hydrogen-bond donors (Lipinski definition) is 2. The van der Waals surface area contributed by atoms with Crippen molar-refractivity contribution >= 4 is 10.9 Å². The van der Waals surface area contributed by atoms with Crippen LogP contribution in [0, 0.1) is 0 Å². The van der Waals surface area contributed by atoms with Crippen LogP contribution in [-0.4, -0.2) is 22.8 Å². The Morgan fingerprint density at radius 3 is 2.75 bits per heavy atom. The zero-order chi connectivity index (χ0) is 16.4. The number of nitrogens with one attached hydrogen (secondary N) is 1. The van der Waals surface area contributed by atoms with Crippen molar-refractivity contribution in [1.29, 1.82) is 0 Å². The van der Waals surface area contributed by atoms with E-state index in [9.17, 15) is 5.11 Å². The Morgan fingerprint density at radius 2 is 1.88 bits per heavy atom. The second-order valence-electron chi connectivity index (χ2n) is 6.62. The Labute approximate surface area is 142 Å². The molecule has 0 saturated heterocycles. The minimum Gasteiger partial charge on any atom is -0.508 e. The molecule has 0 spiro atoms. The summed E-state index contributed by atoms with van der Waals surface area (Å²) in [6.07, 6.45) is 4.34. The summed E-state index contributed by atoms with van der Waals surface area (Å²) in [6, 6.07) is 16.5. The van der Waals surface area contributed by atoms with Crippen LogP contribution in [0.25, 0.3) is 10.9 Å². The van der Waals surface area contributed by atoms with Gasteiger partial charge in [-0.05, 0) is 68.1 Å². The molecule has 0 saturated carbocycles.